The van der Waals surface area contributed by atoms with Crippen LogP contribution < -0.4 is 10.6 Å². The average Bonchev–Trinajstić information content (AvgIpc) is 2.33. The molecular weight excluding hydrogens is 128 g/mol. The zero-order chi connectivity index (χ0) is 7.61. The van der Waals surface area contributed by atoms with Crippen LogP contribution in [0.1, 0.15) is 0 Å². The van der Waals surface area contributed by atoms with Crippen molar-refractivity contribution in [2.75, 3.05) is 6.54 Å². The largest absolute Gasteiger partial charge is 0.335 e. The minimum absolute atomic E-state index is 0.167. The van der Waals surface area contributed by atoms with Crippen LogP contribution in [0.3, 0.4) is 0 Å². The number of carbonyl (C=O) groups excluding carboxylic acids is 1. The summed E-state index contributed by atoms with van der Waals surface area (Å²) in [5.74, 6) is 0. The number of hydrogen-bond acceptors (Lipinski definition) is 1. The fourth-order valence-corrected chi connectivity index (χ4v) is 0.856. The molecule has 0 aromatic carbocycles. The van der Waals surface area contributed by atoms with Crippen molar-refractivity contribution >= 4 is 6.03 Å². The molecule has 1 heterocycles. The van der Waals surface area contributed by atoms with E-state index in [1.54, 1.807) is 12.2 Å². The minimum atomic E-state index is -0.433. The molecule has 0 saturated carbocycles. The molecule has 1 rings (SSSR count). The van der Waals surface area contributed by atoms with Crippen molar-refractivity contribution in [3.8, 4) is 0 Å². The third kappa shape index (κ3) is 0.900. The Morgan fingerprint density at radius 2 is 2.10 bits per heavy atom. The predicted octanol–water partition coefficient (Wildman–Crippen LogP) is 0.410. The zero-order valence-electron chi connectivity index (χ0n) is 5.68. The first-order valence-electron chi connectivity index (χ1n) is 3.06. The van der Waals surface area contributed by atoms with Crippen LogP contribution in [0.2, 0.25) is 0 Å². The Kier molecular flexibility index (Phi) is 1.49. The van der Waals surface area contributed by atoms with Crippen molar-refractivity contribution < 1.29 is 4.79 Å². The number of carbonyl (C=O) groups is 1. The molecule has 0 unspecified atom stereocenters. The maximum absolute atomic E-state index is 10.7. The Morgan fingerprint density at radius 3 is 2.30 bits per heavy atom. The molecule has 0 spiro atoms. The normalized spacial score (nSPS) is 21.0. The molecule has 54 valence electrons. The minimum Gasteiger partial charge on any atom is -0.335 e. The van der Waals surface area contributed by atoms with Gasteiger partial charge in [-0.3, -0.25) is 0 Å². The van der Waals surface area contributed by atoms with Crippen LogP contribution in [0.4, 0.5) is 4.79 Å². The lowest BCUT2D eigenvalue weighted by Crippen LogP contribution is -2.38. The van der Waals surface area contributed by atoms with Crippen LogP contribution in [0.15, 0.2) is 25.3 Å². The maximum Gasteiger partial charge on any atom is 0.315 e. The third-order valence-electron chi connectivity index (χ3n) is 1.62. The molecule has 0 atom stereocenters. The van der Waals surface area contributed by atoms with Gasteiger partial charge in [0.1, 0.15) is 0 Å². The van der Waals surface area contributed by atoms with Crippen LogP contribution in [-0.4, -0.2) is 18.1 Å². The highest BCUT2D eigenvalue weighted by atomic mass is 16.2. The summed E-state index contributed by atoms with van der Waals surface area (Å²) in [5.41, 5.74) is -0.433. The molecule has 0 aromatic heterocycles. The fourth-order valence-electron chi connectivity index (χ4n) is 0.856. The van der Waals surface area contributed by atoms with Crippen LogP contribution in [0, 0.1) is 0 Å². The van der Waals surface area contributed by atoms with Crippen molar-refractivity contribution in [2.45, 2.75) is 5.54 Å². The Hall–Kier alpha value is -1.25. The second-order valence-electron chi connectivity index (χ2n) is 2.26. The molecule has 1 aliphatic rings. The summed E-state index contributed by atoms with van der Waals surface area (Å²) in [6.07, 6.45) is 3.33. The summed E-state index contributed by atoms with van der Waals surface area (Å²) in [5, 5.41) is 5.30. The number of rotatable bonds is 2. The molecule has 10 heavy (non-hydrogen) atoms. The molecule has 2 N–H and O–H groups in total. The lowest BCUT2D eigenvalue weighted by molar-refractivity contribution is 0.247. The van der Waals surface area contributed by atoms with Gasteiger partial charge in [-0.05, 0) is 0 Å². The molecule has 3 heteroatoms. The fraction of sp³-hybridized carbons (Fsp3) is 0.286. The lowest BCUT2D eigenvalue weighted by Gasteiger charge is -2.17. The second-order valence-corrected chi connectivity index (χ2v) is 2.26. The van der Waals surface area contributed by atoms with Crippen molar-refractivity contribution in [3.05, 3.63) is 25.3 Å². The smallest absolute Gasteiger partial charge is 0.315 e. The topological polar surface area (TPSA) is 41.1 Å². The van der Waals surface area contributed by atoms with E-state index in [9.17, 15) is 4.79 Å². The van der Waals surface area contributed by atoms with Crippen molar-refractivity contribution in [1.82, 2.24) is 10.6 Å². The van der Waals surface area contributed by atoms with Crippen LogP contribution in [0.25, 0.3) is 0 Å². The Morgan fingerprint density at radius 1 is 1.50 bits per heavy atom. The van der Waals surface area contributed by atoms with Gasteiger partial charge in [-0.1, -0.05) is 12.2 Å². The van der Waals surface area contributed by atoms with E-state index in [0.717, 1.165) is 0 Å². The number of nitrogens with one attached hydrogen (secondary N) is 2. The highest BCUT2D eigenvalue weighted by molar-refractivity contribution is 5.78. The van der Waals surface area contributed by atoms with Gasteiger partial charge >= 0.3 is 6.03 Å². The summed E-state index contributed by atoms with van der Waals surface area (Å²) < 4.78 is 0. The highest BCUT2D eigenvalue weighted by Crippen LogP contribution is 2.10. The molecule has 1 aliphatic heterocycles. The summed E-state index contributed by atoms with van der Waals surface area (Å²) in [6.45, 7) is 7.73. The van der Waals surface area contributed by atoms with E-state index in [0.29, 0.717) is 6.54 Å². The number of hydrogen-bond donors (Lipinski definition) is 2. The third-order valence-corrected chi connectivity index (χ3v) is 1.62. The van der Waals surface area contributed by atoms with Crippen molar-refractivity contribution in [2.24, 2.45) is 0 Å². The molecule has 1 saturated heterocycles. The van der Waals surface area contributed by atoms with Gasteiger partial charge in [0, 0.05) is 6.54 Å². The second kappa shape index (κ2) is 2.17. The molecule has 3 nitrogen and oxygen atoms in total. The zero-order valence-corrected chi connectivity index (χ0v) is 5.68. The van der Waals surface area contributed by atoms with E-state index in [-0.39, 0.29) is 6.03 Å². The van der Waals surface area contributed by atoms with E-state index in [1.807, 2.05) is 0 Å². The quantitative estimate of drug-likeness (QED) is 0.533. The summed E-state index contributed by atoms with van der Waals surface area (Å²) in [7, 11) is 0. The van der Waals surface area contributed by atoms with Crippen LogP contribution >= 0.6 is 0 Å². The first-order chi connectivity index (χ1) is 4.72. The summed E-state index contributed by atoms with van der Waals surface area (Å²) >= 11 is 0. The SMILES string of the molecule is C=CC1(C=C)CNC(=O)N1. The van der Waals surface area contributed by atoms with Crippen molar-refractivity contribution in [3.63, 3.8) is 0 Å². The van der Waals surface area contributed by atoms with Gasteiger partial charge in [0.25, 0.3) is 0 Å². The van der Waals surface area contributed by atoms with Gasteiger partial charge in [-0.15, -0.1) is 13.2 Å². The van der Waals surface area contributed by atoms with Crippen LogP contribution in [-0.2, 0) is 0 Å². The number of amides is 2. The average molecular weight is 138 g/mol. The van der Waals surface area contributed by atoms with Crippen molar-refractivity contribution in [1.29, 1.82) is 0 Å². The van der Waals surface area contributed by atoms with Gasteiger partial charge in [0.05, 0.1) is 5.54 Å². The van der Waals surface area contributed by atoms with E-state index in [1.165, 1.54) is 0 Å². The molecule has 0 radical (unpaired) electrons. The Balaban J connectivity index is 2.77. The Bertz CT molecular complexity index is 178. The molecule has 1 fully saturated rings. The molecule has 0 bridgehead atoms. The highest BCUT2D eigenvalue weighted by Gasteiger charge is 2.30. The van der Waals surface area contributed by atoms with Crippen LogP contribution in [0.5, 0.6) is 0 Å². The van der Waals surface area contributed by atoms with E-state index in [2.05, 4.69) is 23.8 Å². The number of urea groups is 1. The van der Waals surface area contributed by atoms with Gasteiger partial charge in [-0.25, -0.2) is 4.79 Å². The molecule has 2 amide bonds. The van der Waals surface area contributed by atoms with E-state index in [4.69, 9.17) is 0 Å². The molecule has 0 aromatic rings. The predicted molar refractivity (Wildman–Crippen MR) is 39.7 cm³/mol. The molecule has 0 aliphatic carbocycles. The lowest BCUT2D eigenvalue weighted by atomic mass is 10.0. The maximum atomic E-state index is 10.7. The van der Waals surface area contributed by atoms with Gasteiger partial charge in [0.2, 0.25) is 0 Å². The first kappa shape index (κ1) is 6.86. The standard InChI is InChI=1S/C7H10N2O/c1-3-7(4-2)5-8-6(10)9-7/h3-4H,1-2,5H2,(H2,8,9,10). The van der Waals surface area contributed by atoms with E-state index >= 15 is 0 Å². The Labute approximate surface area is 59.8 Å². The van der Waals surface area contributed by atoms with Gasteiger partial charge < -0.3 is 10.6 Å². The monoisotopic (exact) mass is 138 g/mol. The molecular formula is C7H10N2O. The van der Waals surface area contributed by atoms with Gasteiger partial charge in [-0.2, -0.15) is 0 Å². The van der Waals surface area contributed by atoms with Gasteiger partial charge in [0.15, 0.2) is 0 Å². The summed E-state index contributed by atoms with van der Waals surface area (Å²) in [4.78, 5) is 10.7. The van der Waals surface area contributed by atoms with E-state index < -0.39 is 5.54 Å². The summed E-state index contributed by atoms with van der Waals surface area (Å²) in [6, 6.07) is -0.167. The first-order valence-corrected chi connectivity index (χ1v) is 3.06.